The molecule has 0 atom stereocenters. The van der Waals surface area contributed by atoms with Crippen molar-refractivity contribution in [2.75, 3.05) is 11.9 Å². The number of rotatable bonds is 3. The average Bonchev–Trinajstić information content (AvgIpc) is 2.62. The largest absolute Gasteiger partial charge is 0.371 e. The second-order valence-electron chi connectivity index (χ2n) is 4.58. The van der Waals surface area contributed by atoms with E-state index < -0.39 is 0 Å². The Morgan fingerprint density at radius 2 is 2.00 bits per heavy atom. The Morgan fingerprint density at radius 3 is 2.56 bits per heavy atom. The fourth-order valence-electron chi connectivity index (χ4n) is 2.44. The maximum atomic E-state index is 10.7. The number of nitrogens with zero attached hydrogens (tertiary/aromatic N) is 1. The van der Waals surface area contributed by atoms with Crippen LogP contribution in [0, 0.1) is 0 Å². The summed E-state index contributed by atoms with van der Waals surface area (Å²) in [6.45, 7) is 0. The molecule has 16 heavy (non-hydrogen) atoms. The van der Waals surface area contributed by atoms with Crippen molar-refractivity contribution in [3.05, 3.63) is 16.3 Å². The van der Waals surface area contributed by atoms with E-state index in [1.807, 2.05) is 6.07 Å². The van der Waals surface area contributed by atoms with Crippen LogP contribution in [0.2, 0.25) is 0 Å². The fourth-order valence-corrected chi connectivity index (χ4v) is 3.18. The molecule has 0 saturated heterocycles. The standard InChI is InChI=1S/C13H19NOS/c1-14(11-6-4-2-3-5-7-11)12-8-13(9-15)16-10-12/h8-11H,2-7H2,1H3. The highest BCUT2D eigenvalue weighted by atomic mass is 32.1. The van der Waals surface area contributed by atoms with Gasteiger partial charge in [-0.05, 0) is 18.9 Å². The van der Waals surface area contributed by atoms with Crippen LogP contribution in [0.1, 0.15) is 48.2 Å². The smallest absolute Gasteiger partial charge is 0.160 e. The van der Waals surface area contributed by atoms with Gasteiger partial charge < -0.3 is 4.90 Å². The van der Waals surface area contributed by atoms with Crippen LogP contribution in [0.15, 0.2) is 11.4 Å². The van der Waals surface area contributed by atoms with E-state index >= 15 is 0 Å². The fraction of sp³-hybridized carbons (Fsp3) is 0.615. The Bertz CT molecular complexity index is 339. The molecule has 1 aliphatic carbocycles. The highest BCUT2D eigenvalue weighted by Gasteiger charge is 2.17. The lowest BCUT2D eigenvalue weighted by atomic mass is 10.1. The van der Waals surface area contributed by atoms with Crippen LogP contribution in [0.3, 0.4) is 0 Å². The predicted octanol–water partition coefficient (Wildman–Crippen LogP) is 3.72. The molecule has 3 heteroatoms. The molecule has 0 amide bonds. The molecule has 0 N–H and O–H groups in total. The Kier molecular flexibility index (Phi) is 3.99. The quantitative estimate of drug-likeness (QED) is 0.590. The summed E-state index contributed by atoms with van der Waals surface area (Å²) in [7, 11) is 2.16. The first-order valence-electron chi connectivity index (χ1n) is 6.08. The lowest BCUT2D eigenvalue weighted by Gasteiger charge is -2.28. The van der Waals surface area contributed by atoms with Gasteiger partial charge in [0.1, 0.15) is 0 Å². The summed E-state index contributed by atoms with van der Waals surface area (Å²) >= 11 is 1.54. The van der Waals surface area contributed by atoms with Crippen LogP contribution in [-0.4, -0.2) is 19.4 Å². The van der Waals surface area contributed by atoms with Crippen molar-refractivity contribution >= 4 is 23.3 Å². The monoisotopic (exact) mass is 237 g/mol. The van der Waals surface area contributed by atoms with Gasteiger partial charge >= 0.3 is 0 Å². The van der Waals surface area contributed by atoms with Gasteiger partial charge in [0.15, 0.2) is 6.29 Å². The number of carbonyl (C=O) groups excluding carboxylic acids is 1. The van der Waals surface area contributed by atoms with Gasteiger partial charge in [-0.1, -0.05) is 25.7 Å². The molecular weight excluding hydrogens is 218 g/mol. The molecule has 88 valence electrons. The predicted molar refractivity (Wildman–Crippen MR) is 69.6 cm³/mol. The third-order valence-electron chi connectivity index (χ3n) is 3.50. The summed E-state index contributed by atoms with van der Waals surface area (Å²) in [5.74, 6) is 0. The number of hydrogen-bond acceptors (Lipinski definition) is 3. The second-order valence-corrected chi connectivity index (χ2v) is 5.52. The molecule has 0 aliphatic heterocycles. The normalized spacial score (nSPS) is 18.1. The Hall–Kier alpha value is -0.830. The zero-order valence-corrected chi connectivity index (χ0v) is 10.6. The van der Waals surface area contributed by atoms with Crippen molar-refractivity contribution < 1.29 is 4.79 Å². The lowest BCUT2D eigenvalue weighted by molar-refractivity contribution is 0.112. The minimum atomic E-state index is 0.664. The van der Waals surface area contributed by atoms with E-state index in [0.717, 1.165) is 11.2 Å². The maximum absolute atomic E-state index is 10.7. The van der Waals surface area contributed by atoms with Gasteiger partial charge in [0.05, 0.1) is 4.88 Å². The van der Waals surface area contributed by atoms with Gasteiger partial charge in [-0.2, -0.15) is 0 Å². The zero-order valence-electron chi connectivity index (χ0n) is 9.82. The van der Waals surface area contributed by atoms with Crippen LogP contribution in [-0.2, 0) is 0 Å². The molecule has 0 aromatic carbocycles. The number of anilines is 1. The van der Waals surface area contributed by atoms with Crippen LogP contribution in [0.5, 0.6) is 0 Å². The number of carbonyl (C=O) groups is 1. The highest BCUT2D eigenvalue weighted by molar-refractivity contribution is 7.12. The third kappa shape index (κ3) is 2.64. The molecule has 0 unspecified atom stereocenters. The average molecular weight is 237 g/mol. The minimum Gasteiger partial charge on any atom is -0.371 e. The summed E-state index contributed by atoms with van der Waals surface area (Å²) in [6.07, 6.45) is 8.99. The maximum Gasteiger partial charge on any atom is 0.160 e. The summed E-state index contributed by atoms with van der Waals surface area (Å²) in [5, 5.41) is 2.09. The minimum absolute atomic E-state index is 0.664. The van der Waals surface area contributed by atoms with Crippen molar-refractivity contribution in [1.82, 2.24) is 0 Å². The summed E-state index contributed by atoms with van der Waals surface area (Å²) in [6, 6.07) is 2.67. The topological polar surface area (TPSA) is 20.3 Å². The molecule has 0 spiro atoms. The van der Waals surface area contributed by atoms with Crippen LogP contribution >= 0.6 is 11.3 Å². The van der Waals surface area contributed by atoms with Crippen LogP contribution in [0.25, 0.3) is 0 Å². The summed E-state index contributed by atoms with van der Waals surface area (Å²) < 4.78 is 0. The van der Waals surface area contributed by atoms with Gasteiger partial charge in [-0.15, -0.1) is 11.3 Å². The van der Waals surface area contributed by atoms with E-state index in [9.17, 15) is 4.79 Å². The van der Waals surface area contributed by atoms with Crippen molar-refractivity contribution in [2.24, 2.45) is 0 Å². The lowest BCUT2D eigenvalue weighted by Crippen LogP contribution is -2.30. The first-order valence-corrected chi connectivity index (χ1v) is 6.96. The zero-order chi connectivity index (χ0) is 11.4. The molecule has 1 heterocycles. The van der Waals surface area contributed by atoms with Gasteiger partial charge in [-0.25, -0.2) is 0 Å². The number of thiophene rings is 1. The Morgan fingerprint density at radius 1 is 1.31 bits per heavy atom. The number of aldehydes is 1. The molecule has 1 fully saturated rings. The Labute approximate surface area is 101 Å². The van der Waals surface area contributed by atoms with Gasteiger partial charge in [0.2, 0.25) is 0 Å². The van der Waals surface area contributed by atoms with E-state index in [1.165, 1.54) is 55.5 Å². The number of hydrogen-bond donors (Lipinski definition) is 0. The molecule has 0 radical (unpaired) electrons. The van der Waals surface area contributed by atoms with E-state index in [-0.39, 0.29) is 0 Å². The molecule has 1 aliphatic rings. The second kappa shape index (κ2) is 5.48. The van der Waals surface area contributed by atoms with Gasteiger partial charge in [0.25, 0.3) is 0 Å². The molecular formula is C13H19NOS. The molecule has 2 rings (SSSR count). The summed E-state index contributed by atoms with van der Waals surface area (Å²) in [5.41, 5.74) is 1.21. The van der Waals surface area contributed by atoms with Crippen molar-refractivity contribution in [3.63, 3.8) is 0 Å². The van der Waals surface area contributed by atoms with Gasteiger partial charge in [-0.3, -0.25) is 4.79 Å². The van der Waals surface area contributed by atoms with E-state index in [1.54, 1.807) is 0 Å². The van der Waals surface area contributed by atoms with E-state index in [2.05, 4.69) is 17.3 Å². The van der Waals surface area contributed by atoms with E-state index in [4.69, 9.17) is 0 Å². The molecule has 1 aromatic rings. The molecule has 2 nitrogen and oxygen atoms in total. The van der Waals surface area contributed by atoms with Crippen LogP contribution in [0.4, 0.5) is 5.69 Å². The molecule has 0 bridgehead atoms. The van der Waals surface area contributed by atoms with Crippen LogP contribution < -0.4 is 4.90 Å². The molecule has 1 saturated carbocycles. The third-order valence-corrected chi connectivity index (χ3v) is 4.35. The SMILES string of the molecule is CN(c1csc(C=O)c1)C1CCCCCC1. The molecule has 1 aromatic heterocycles. The first-order chi connectivity index (χ1) is 7.81. The summed E-state index contributed by atoms with van der Waals surface area (Å²) in [4.78, 5) is 13.9. The van der Waals surface area contributed by atoms with Gasteiger partial charge in [0, 0.05) is 24.2 Å². The highest BCUT2D eigenvalue weighted by Crippen LogP contribution is 2.28. The van der Waals surface area contributed by atoms with Crippen molar-refractivity contribution in [3.8, 4) is 0 Å². The first kappa shape index (κ1) is 11.6. The Balaban J connectivity index is 2.04. The van der Waals surface area contributed by atoms with Crippen molar-refractivity contribution in [1.29, 1.82) is 0 Å². The van der Waals surface area contributed by atoms with E-state index in [0.29, 0.717) is 6.04 Å². The van der Waals surface area contributed by atoms with Crippen molar-refractivity contribution in [2.45, 2.75) is 44.6 Å².